The second-order valence-electron chi connectivity index (χ2n) is 5.20. The molecule has 0 aliphatic carbocycles. The van der Waals surface area contributed by atoms with Gasteiger partial charge in [0.25, 0.3) is 0 Å². The van der Waals surface area contributed by atoms with E-state index in [-0.39, 0.29) is 26.4 Å². The van der Waals surface area contributed by atoms with E-state index in [0.717, 1.165) is 0 Å². The highest BCUT2D eigenvalue weighted by atomic mass is 35.5. The summed E-state index contributed by atoms with van der Waals surface area (Å²) in [4.78, 5) is 0. The van der Waals surface area contributed by atoms with Crippen molar-refractivity contribution in [2.75, 3.05) is 26.4 Å². The summed E-state index contributed by atoms with van der Waals surface area (Å²) in [6.07, 6.45) is -1.67. The average Bonchev–Trinajstić information content (AvgIpc) is 2.67. The van der Waals surface area contributed by atoms with Gasteiger partial charge in [-0.3, -0.25) is 0 Å². The van der Waals surface area contributed by atoms with Gasteiger partial charge >= 0.3 is 0 Å². The summed E-state index contributed by atoms with van der Waals surface area (Å²) >= 11 is 11.3. The topological polar surface area (TPSA) is 99.4 Å². The minimum absolute atomic E-state index is 0.0815. The van der Waals surface area contributed by atoms with Crippen LogP contribution in [0.1, 0.15) is 0 Å². The first kappa shape index (κ1) is 22.5. The summed E-state index contributed by atoms with van der Waals surface area (Å²) in [5.41, 5.74) is 0. The van der Waals surface area contributed by atoms with Crippen molar-refractivity contribution in [3.05, 3.63) is 58.6 Å². The lowest BCUT2D eigenvalue weighted by Crippen LogP contribution is -2.21. The highest BCUT2D eigenvalue weighted by Crippen LogP contribution is 2.16. The van der Waals surface area contributed by atoms with Crippen LogP contribution < -0.4 is 9.47 Å². The van der Waals surface area contributed by atoms with Crippen molar-refractivity contribution in [1.29, 1.82) is 0 Å². The molecule has 2 aromatic rings. The zero-order valence-electron chi connectivity index (χ0n) is 14.0. The Morgan fingerprint density at radius 2 is 0.962 bits per heavy atom. The molecule has 0 fully saturated rings. The van der Waals surface area contributed by atoms with E-state index >= 15 is 0 Å². The second kappa shape index (κ2) is 12.8. The Hall–Kier alpha value is -1.54. The predicted molar refractivity (Wildman–Crippen MR) is 100 cm³/mol. The van der Waals surface area contributed by atoms with Crippen molar-refractivity contribution >= 4 is 23.2 Å². The first-order chi connectivity index (χ1) is 12.4. The number of benzene rings is 2. The quantitative estimate of drug-likeness (QED) is 0.537. The molecular weight excluding hydrogens is 383 g/mol. The van der Waals surface area contributed by atoms with Crippen LogP contribution in [-0.4, -0.2) is 59.1 Å². The van der Waals surface area contributed by atoms with Crippen LogP contribution in [0, 0.1) is 0 Å². The number of aliphatic hydroxyl groups is 4. The van der Waals surface area contributed by atoms with E-state index < -0.39 is 12.2 Å². The summed E-state index contributed by atoms with van der Waals surface area (Å²) in [5.74, 6) is 1.24. The molecule has 0 bridgehead atoms. The zero-order valence-corrected chi connectivity index (χ0v) is 15.5. The Kier molecular flexibility index (Phi) is 11.0. The van der Waals surface area contributed by atoms with E-state index in [4.69, 9.17) is 53.1 Å². The van der Waals surface area contributed by atoms with Gasteiger partial charge in [0.05, 0.1) is 13.2 Å². The van der Waals surface area contributed by atoms with Gasteiger partial charge < -0.3 is 29.9 Å². The molecule has 0 saturated carbocycles. The molecule has 144 valence electrons. The Labute approximate surface area is 162 Å². The molecule has 6 nitrogen and oxygen atoms in total. The maximum atomic E-state index is 8.97. The number of aliphatic hydroxyl groups excluding tert-OH is 4. The van der Waals surface area contributed by atoms with Crippen molar-refractivity contribution in [3.63, 3.8) is 0 Å². The fourth-order valence-electron chi connectivity index (χ4n) is 1.55. The summed E-state index contributed by atoms with van der Waals surface area (Å²) < 4.78 is 10.3. The Bertz CT molecular complexity index is 551. The number of hydrogen-bond donors (Lipinski definition) is 4. The van der Waals surface area contributed by atoms with E-state index in [1.165, 1.54) is 0 Å². The van der Waals surface area contributed by atoms with Gasteiger partial charge in [0.2, 0.25) is 0 Å². The lowest BCUT2D eigenvalue weighted by molar-refractivity contribution is 0.0536. The van der Waals surface area contributed by atoms with Crippen molar-refractivity contribution in [3.8, 4) is 11.5 Å². The second-order valence-corrected chi connectivity index (χ2v) is 6.08. The average molecular weight is 405 g/mol. The van der Waals surface area contributed by atoms with Gasteiger partial charge in [-0.1, -0.05) is 23.2 Å². The van der Waals surface area contributed by atoms with Crippen molar-refractivity contribution in [1.82, 2.24) is 0 Å². The molecule has 0 aliphatic heterocycles. The Morgan fingerprint density at radius 3 is 1.23 bits per heavy atom. The van der Waals surface area contributed by atoms with Crippen LogP contribution in [0.3, 0.4) is 0 Å². The fraction of sp³-hybridized carbons (Fsp3) is 0.333. The lowest BCUT2D eigenvalue weighted by atomic mass is 10.3. The third-order valence-corrected chi connectivity index (χ3v) is 3.44. The van der Waals surface area contributed by atoms with Gasteiger partial charge in [0, 0.05) is 10.0 Å². The zero-order chi connectivity index (χ0) is 19.4. The standard InChI is InChI=1S/2C9H11ClO3/c2*10-7-1-3-9(4-2-7)13-6-8(12)5-11/h2*1-4,8,11-12H,5-6H2. The third kappa shape index (κ3) is 9.82. The van der Waals surface area contributed by atoms with Crippen molar-refractivity contribution in [2.24, 2.45) is 0 Å². The van der Waals surface area contributed by atoms with Crippen LogP contribution in [0.5, 0.6) is 11.5 Å². The summed E-state index contributed by atoms with van der Waals surface area (Å²) in [7, 11) is 0. The van der Waals surface area contributed by atoms with E-state index in [0.29, 0.717) is 21.5 Å². The highest BCUT2D eigenvalue weighted by molar-refractivity contribution is 6.30. The molecule has 0 aromatic heterocycles. The van der Waals surface area contributed by atoms with E-state index in [9.17, 15) is 0 Å². The summed E-state index contributed by atoms with van der Waals surface area (Å²) in [5, 5.41) is 36.2. The summed E-state index contributed by atoms with van der Waals surface area (Å²) in [6.45, 7) is -0.433. The molecule has 2 unspecified atom stereocenters. The van der Waals surface area contributed by atoms with Crippen LogP contribution in [0.15, 0.2) is 48.5 Å². The SMILES string of the molecule is OCC(O)COc1ccc(Cl)cc1.OCC(O)COc1ccc(Cl)cc1. The van der Waals surface area contributed by atoms with Crippen LogP contribution in [0.2, 0.25) is 10.0 Å². The van der Waals surface area contributed by atoms with Gasteiger partial charge in [0.15, 0.2) is 0 Å². The molecule has 0 amide bonds. The fourth-order valence-corrected chi connectivity index (χ4v) is 1.80. The maximum absolute atomic E-state index is 8.97. The van der Waals surface area contributed by atoms with Crippen molar-refractivity contribution < 1.29 is 29.9 Å². The number of rotatable bonds is 8. The molecule has 0 saturated heterocycles. The monoisotopic (exact) mass is 404 g/mol. The molecule has 0 aliphatic rings. The first-order valence-electron chi connectivity index (χ1n) is 7.79. The molecule has 8 heteroatoms. The van der Waals surface area contributed by atoms with Crippen LogP contribution in [0.25, 0.3) is 0 Å². The molecule has 0 spiro atoms. The largest absolute Gasteiger partial charge is 0.491 e. The van der Waals surface area contributed by atoms with E-state index in [1.807, 2.05) is 0 Å². The number of halogens is 2. The summed E-state index contributed by atoms with van der Waals surface area (Å²) in [6, 6.07) is 13.6. The third-order valence-electron chi connectivity index (χ3n) is 2.93. The Balaban J connectivity index is 0.000000260. The van der Waals surface area contributed by atoms with Gasteiger partial charge in [-0.25, -0.2) is 0 Å². The van der Waals surface area contributed by atoms with Gasteiger partial charge in [-0.05, 0) is 48.5 Å². The van der Waals surface area contributed by atoms with Gasteiger partial charge in [-0.2, -0.15) is 0 Å². The molecule has 0 radical (unpaired) electrons. The Morgan fingerprint density at radius 1 is 0.654 bits per heavy atom. The minimum Gasteiger partial charge on any atom is -0.491 e. The number of hydrogen-bond acceptors (Lipinski definition) is 6. The van der Waals surface area contributed by atoms with Gasteiger partial charge in [0.1, 0.15) is 36.9 Å². The number of ether oxygens (including phenoxy) is 2. The van der Waals surface area contributed by atoms with E-state index in [2.05, 4.69) is 0 Å². The van der Waals surface area contributed by atoms with Crippen LogP contribution in [0.4, 0.5) is 0 Å². The first-order valence-corrected chi connectivity index (χ1v) is 8.54. The normalized spacial score (nSPS) is 12.5. The molecule has 4 N–H and O–H groups in total. The smallest absolute Gasteiger partial charge is 0.119 e. The highest BCUT2D eigenvalue weighted by Gasteiger charge is 2.03. The maximum Gasteiger partial charge on any atom is 0.119 e. The predicted octanol–water partition coefficient (Wildman–Crippen LogP) is 2.14. The molecule has 2 rings (SSSR count). The van der Waals surface area contributed by atoms with E-state index in [1.54, 1.807) is 48.5 Å². The molecule has 26 heavy (non-hydrogen) atoms. The molecular formula is C18H22Cl2O6. The molecule has 2 atom stereocenters. The van der Waals surface area contributed by atoms with Crippen molar-refractivity contribution in [2.45, 2.75) is 12.2 Å². The van der Waals surface area contributed by atoms with Crippen LogP contribution >= 0.6 is 23.2 Å². The molecule has 0 heterocycles. The van der Waals surface area contributed by atoms with Crippen LogP contribution in [-0.2, 0) is 0 Å². The van der Waals surface area contributed by atoms with Gasteiger partial charge in [-0.15, -0.1) is 0 Å². The lowest BCUT2D eigenvalue weighted by Gasteiger charge is -2.09. The molecule has 2 aromatic carbocycles. The minimum atomic E-state index is -0.837.